The van der Waals surface area contributed by atoms with E-state index < -0.39 is 15.9 Å². The molecule has 0 saturated heterocycles. The highest BCUT2D eigenvalue weighted by Crippen LogP contribution is 2.27. The van der Waals surface area contributed by atoms with E-state index in [1.165, 1.54) is 39.9 Å². The summed E-state index contributed by atoms with van der Waals surface area (Å²) in [6.07, 6.45) is 3.90. The molecule has 7 nitrogen and oxygen atoms in total. The summed E-state index contributed by atoms with van der Waals surface area (Å²) in [7, 11) is -0.308. The number of carbonyl (C=O) groups excluding carboxylic acids is 1. The molecule has 0 spiro atoms. The van der Waals surface area contributed by atoms with Gasteiger partial charge in [0.1, 0.15) is 0 Å². The van der Waals surface area contributed by atoms with E-state index in [0.717, 1.165) is 35.9 Å². The molecule has 0 N–H and O–H groups in total. The number of hydrogen-bond acceptors (Lipinski definition) is 5. The largest absolute Gasteiger partial charge is 0.383 e. The second-order valence-electron chi connectivity index (χ2n) is 7.90. The molecule has 170 valence electrons. The number of rotatable bonds is 7. The van der Waals surface area contributed by atoms with Crippen molar-refractivity contribution in [1.29, 1.82) is 0 Å². The van der Waals surface area contributed by atoms with Gasteiger partial charge in [0.2, 0.25) is 10.0 Å². The lowest BCUT2D eigenvalue weighted by atomic mass is 10.2. The summed E-state index contributed by atoms with van der Waals surface area (Å²) >= 11 is 1.44. The van der Waals surface area contributed by atoms with Crippen molar-refractivity contribution < 1.29 is 17.9 Å². The molecule has 1 aromatic heterocycles. The normalized spacial score (nSPS) is 15.8. The van der Waals surface area contributed by atoms with Gasteiger partial charge in [0.25, 0.3) is 5.91 Å². The Bertz CT molecular complexity index is 1270. The second kappa shape index (κ2) is 9.66. The number of para-hydroxylation sites is 1. The smallest absolute Gasteiger partial charge is 0.279 e. The van der Waals surface area contributed by atoms with Crippen LogP contribution in [-0.2, 0) is 21.3 Å². The lowest BCUT2D eigenvalue weighted by molar-refractivity contribution is 0.0997. The van der Waals surface area contributed by atoms with E-state index in [9.17, 15) is 13.2 Å². The van der Waals surface area contributed by atoms with E-state index >= 15 is 0 Å². The van der Waals surface area contributed by atoms with E-state index in [0.29, 0.717) is 23.5 Å². The zero-order valence-electron chi connectivity index (χ0n) is 18.2. The van der Waals surface area contributed by atoms with Gasteiger partial charge in [-0.2, -0.15) is 9.30 Å². The number of benzene rings is 2. The summed E-state index contributed by atoms with van der Waals surface area (Å²) in [5.41, 5.74) is 1.35. The summed E-state index contributed by atoms with van der Waals surface area (Å²) in [5.74, 6) is -0.407. The summed E-state index contributed by atoms with van der Waals surface area (Å²) in [6.45, 7) is 1.08. The van der Waals surface area contributed by atoms with E-state index in [1.807, 2.05) is 28.8 Å². The first-order chi connectivity index (χ1) is 15.4. The molecule has 1 saturated carbocycles. The molecule has 3 aromatic rings. The molecule has 9 heteroatoms. The fourth-order valence-electron chi connectivity index (χ4n) is 4.06. The Balaban J connectivity index is 1.61. The van der Waals surface area contributed by atoms with E-state index in [2.05, 4.69) is 4.99 Å². The molecule has 1 amide bonds. The molecule has 0 aliphatic heterocycles. The highest BCUT2D eigenvalue weighted by molar-refractivity contribution is 7.89. The van der Waals surface area contributed by atoms with Gasteiger partial charge >= 0.3 is 0 Å². The van der Waals surface area contributed by atoms with Crippen molar-refractivity contribution >= 4 is 37.5 Å². The minimum Gasteiger partial charge on any atom is -0.383 e. The Labute approximate surface area is 192 Å². The molecule has 2 aromatic carbocycles. The van der Waals surface area contributed by atoms with Gasteiger partial charge in [-0.05, 0) is 49.2 Å². The van der Waals surface area contributed by atoms with Gasteiger partial charge < -0.3 is 9.30 Å². The minimum atomic E-state index is -3.58. The van der Waals surface area contributed by atoms with Crippen molar-refractivity contribution in [3.05, 3.63) is 58.9 Å². The van der Waals surface area contributed by atoms with Gasteiger partial charge in [-0.3, -0.25) is 4.79 Å². The molecule has 0 unspecified atom stereocenters. The molecule has 1 fully saturated rings. The predicted octanol–water partition coefficient (Wildman–Crippen LogP) is 3.65. The topological polar surface area (TPSA) is 81.0 Å². The Morgan fingerprint density at radius 2 is 1.84 bits per heavy atom. The molecule has 0 atom stereocenters. The quantitative estimate of drug-likeness (QED) is 0.525. The molecule has 4 rings (SSSR count). The minimum absolute atomic E-state index is 0.0480. The van der Waals surface area contributed by atoms with Gasteiger partial charge in [0.15, 0.2) is 4.80 Å². The Kier molecular flexibility index (Phi) is 6.90. The van der Waals surface area contributed by atoms with Crippen molar-refractivity contribution in [1.82, 2.24) is 8.87 Å². The maximum Gasteiger partial charge on any atom is 0.279 e. The average molecular weight is 474 g/mol. The van der Waals surface area contributed by atoms with Gasteiger partial charge in [0.05, 0.1) is 21.7 Å². The fourth-order valence-corrected chi connectivity index (χ4v) is 6.53. The van der Waals surface area contributed by atoms with E-state index in [4.69, 9.17) is 4.74 Å². The second-order valence-corrected chi connectivity index (χ2v) is 10.9. The van der Waals surface area contributed by atoms with Crippen molar-refractivity contribution in [3.8, 4) is 0 Å². The Hall–Kier alpha value is -2.33. The van der Waals surface area contributed by atoms with Crippen LogP contribution in [0.4, 0.5) is 0 Å². The lowest BCUT2D eigenvalue weighted by Gasteiger charge is -2.23. The first kappa shape index (κ1) is 22.8. The number of sulfonamides is 1. The van der Waals surface area contributed by atoms with Gasteiger partial charge in [-0.25, -0.2) is 8.42 Å². The van der Waals surface area contributed by atoms with Crippen LogP contribution in [0.15, 0.2) is 58.4 Å². The zero-order chi connectivity index (χ0) is 22.7. The first-order valence-corrected chi connectivity index (χ1v) is 12.9. The highest BCUT2D eigenvalue weighted by atomic mass is 32.2. The number of hydrogen-bond donors (Lipinski definition) is 0. The number of methoxy groups -OCH3 is 1. The van der Waals surface area contributed by atoms with Crippen LogP contribution in [0.25, 0.3) is 10.2 Å². The molecule has 0 bridgehead atoms. The fraction of sp³-hybridized carbons (Fsp3) is 0.391. The van der Waals surface area contributed by atoms with E-state index in [-0.39, 0.29) is 10.9 Å². The van der Waals surface area contributed by atoms with Crippen molar-refractivity contribution in [2.75, 3.05) is 20.8 Å². The summed E-state index contributed by atoms with van der Waals surface area (Å²) in [4.78, 5) is 18.0. The number of thiazole rings is 1. The number of aromatic nitrogens is 1. The average Bonchev–Trinajstić information content (AvgIpc) is 3.45. The maximum absolute atomic E-state index is 12.9. The SMILES string of the molecule is COCCn1c(=NC(=O)c2ccc(S(=O)(=O)N(C)C3CCCC3)cc2)sc2ccccc21. The van der Waals surface area contributed by atoms with Gasteiger partial charge in [-0.1, -0.05) is 36.3 Å². The third kappa shape index (κ3) is 4.56. The van der Waals surface area contributed by atoms with Gasteiger partial charge in [0, 0.05) is 32.3 Å². The van der Waals surface area contributed by atoms with Crippen molar-refractivity contribution in [2.24, 2.45) is 4.99 Å². The number of nitrogens with zero attached hydrogens (tertiary/aromatic N) is 3. The molecular weight excluding hydrogens is 446 g/mol. The van der Waals surface area contributed by atoms with Gasteiger partial charge in [-0.15, -0.1) is 0 Å². The first-order valence-electron chi connectivity index (χ1n) is 10.7. The third-order valence-electron chi connectivity index (χ3n) is 5.92. The van der Waals surface area contributed by atoms with E-state index in [1.54, 1.807) is 14.2 Å². The van der Waals surface area contributed by atoms with Crippen LogP contribution in [0.5, 0.6) is 0 Å². The standard InChI is InChI=1S/C23H27N3O4S2/c1-25(18-7-3-4-8-18)32(28,29)19-13-11-17(12-14-19)22(27)24-23-26(15-16-30-2)20-9-5-6-10-21(20)31-23/h5-6,9-14,18H,3-4,7-8,15-16H2,1-2H3. The highest BCUT2D eigenvalue weighted by Gasteiger charge is 2.30. The number of ether oxygens (including phenoxy) is 1. The Morgan fingerprint density at radius 1 is 1.16 bits per heavy atom. The molecule has 1 aliphatic rings. The lowest BCUT2D eigenvalue weighted by Crippen LogP contribution is -2.35. The number of fused-ring (bicyclic) bond motifs is 1. The monoisotopic (exact) mass is 473 g/mol. The number of amides is 1. The van der Waals surface area contributed by atoms with Crippen LogP contribution >= 0.6 is 11.3 Å². The van der Waals surface area contributed by atoms with Crippen LogP contribution in [0.2, 0.25) is 0 Å². The van der Waals surface area contributed by atoms with Crippen LogP contribution in [-0.4, -0.2) is 50.0 Å². The molecule has 32 heavy (non-hydrogen) atoms. The summed E-state index contributed by atoms with van der Waals surface area (Å²) in [6, 6.07) is 14.0. The summed E-state index contributed by atoms with van der Waals surface area (Å²) in [5, 5.41) is 0. The van der Waals surface area contributed by atoms with Crippen LogP contribution < -0.4 is 4.80 Å². The third-order valence-corrected chi connectivity index (χ3v) is 8.91. The molecule has 0 radical (unpaired) electrons. The molecule has 1 aliphatic carbocycles. The van der Waals surface area contributed by atoms with Crippen LogP contribution in [0, 0.1) is 0 Å². The van der Waals surface area contributed by atoms with Crippen molar-refractivity contribution in [2.45, 2.75) is 43.2 Å². The Morgan fingerprint density at radius 3 is 2.53 bits per heavy atom. The number of carbonyl (C=O) groups is 1. The van der Waals surface area contributed by atoms with Crippen LogP contribution in [0.1, 0.15) is 36.0 Å². The molecular formula is C23H27N3O4S2. The zero-order valence-corrected chi connectivity index (χ0v) is 19.9. The molecule has 1 heterocycles. The summed E-state index contributed by atoms with van der Waals surface area (Å²) < 4.78 is 35.6. The van der Waals surface area contributed by atoms with Crippen molar-refractivity contribution in [3.63, 3.8) is 0 Å². The maximum atomic E-state index is 12.9. The predicted molar refractivity (Wildman–Crippen MR) is 125 cm³/mol. The van der Waals surface area contributed by atoms with Crippen LogP contribution in [0.3, 0.4) is 0 Å².